The molecule has 0 unspecified atom stereocenters. The maximum absolute atomic E-state index is 12.2. The molecule has 2 aromatic rings. The molecule has 1 saturated carbocycles. The maximum Gasteiger partial charge on any atom is 0.178 e. The van der Waals surface area contributed by atoms with Crippen LogP contribution in [-0.4, -0.2) is 22.9 Å². The van der Waals surface area contributed by atoms with Gasteiger partial charge in [-0.25, -0.2) is 0 Å². The third-order valence-electron chi connectivity index (χ3n) is 3.58. The number of aromatic nitrogens is 1. The van der Waals surface area contributed by atoms with Crippen LogP contribution in [0.15, 0.2) is 24.4 Å². The Bertz CT molecular complexity index is 608. The molecule has 0 spiro atoms. The summed E-state index contributed by atoms with van der Waals surface area (Å²) in [5, 5.41) is 4.34. The second-order valence-electron chi connectivity index (χ2n) is 5.25. The number of hydrogen-bond acceptors (Lipinski definition) is 2. The lowest BCUT2D eigenvalue weighted by atomic mass is 10.1. The summed E-state index contributed by atoms with van der Waals surface area (Å²) in [6.07, 6.45) is 4.37. The summed E-state index contributed by atoms with van der Waals surface area (Å²) in [6.45, 7) is 2.53. The number of benzene rings is 1. The van der Waals surface area contributed by atoms with E-state index in [0.717, 1.165) is 16.5 Å². The van der Waals surface area contributed by atoms with Gasteiger partial charge in [0.25, 0.3) is 0 Å². The van der Waals surface area contributed by atoms with Crippen molar-refractivity contribution in [2.24, 2.45) is 7.05 Å². The Morgan fingerprint density at radius 1 is 1.44 bits per heavy atom. The van der Waals surface area contributed by atoms with Gasteiger partial charge >= 0.3 is 0 Å². The molecule has 1 fully saturated rings. The van der Waals surface area contributed by atoms with Crippen molar-refractivity contribution in [1.82, 2.24) is 9.88 Å². The molecule has 0 saturated heterocycles. The Hall–Kier alpha value is -1.61. The third-order valence-corrected chi connectivity index (χ3v) is 3.58. The van der Waals surface area contributed by atoms with Crippen LogP contribution in [0.2, 0.25) is 0 Å². The number of carbonyl (C=O) groups excluding carboxylic acids is 1. The molecule has 1 heterocycles. The highest BCUT2D eigenvalue weighted by Crippen LogP contribution is 2.23. The zero-order valence-corrected chi connectivity index (χ0v) is 10.9. The van der Waals surface area contributed by atoms with Crippen molar-refractivity contribution in [2.75, 3.05) is 6.54 Å². The van der Waals surface area contributed by atoms with Crippen LogP contribution in [0, 0.1) is 6.92 Å². The Morgan fingerprint density at radius 2 is 2.22 bits per heavy atom. The van der Waals surface area contributed by atoms with Crippen molar-refractivity contribution < 1.29 is 4.79 Å². The molecule has 0 bridgehead atoms. The SMILES string of the molecule is Cc1ccc2c(C(=O)CNC3CC3)cn(C)c2c1. The molecule has 1 aromatic heterocycles. The van der Waals surface area contributed by atoms with Crippen molar-refractivity contribution in [3.8, 4) is 0 Å². The van der Waals surface area contributed by atoms with E-state index in [4.69, 9.17) is 0 Å². The molecule has 1 aliphatic rings. The first-order valence-corrected chi connectivity index (χ1v) is 6.47. The molecule has 3 nitrogen and oxygen atoms in total. The van der Waals surface area contributed by atoms with Crippen molar-refractivity contribution in [3.05, 3.63) is 35.5 Å². The summed E-state index contributed by atoms with van der Waals surface area (Å²) in [5.74, 6) is 0.191. The predicted molar refractivity (Wildman–Crippen MR) is 73.0 cm³/mol. The highest BCUT2D eigenvalue weighted by Gasteiger charge is 2.22. The van der Waals surface area contributed by atoms with Crippen LogP contribution in [0.1, 0.15) is 28.8 Å². The second kappa shape index (κ2) is 4.25. The molecule has 3 heteroatoms. The van der Waals surface area contributed by atoms with Gasteiger partial charge in [0.15, 0.2) is 5.78 Å². The Morgan fingerprint density at radius 3 is 2.94 bits per heavy atom. The molecule has 3 rings (SSSR count). The quantitative estimate of drug-likeness (QED) is 0.835. The lowest BCUT2D eigenvalue weighted by Gasteiger charge is -2.01. The number of ketones is 1. The van der Waals surface area contributed by atoms with E-state index in [0.29, 0.717) is 12.6 Å². The van der Waals surface area contributed by atoms with Gasteiger partial charge in [0.1, 0.15) is 0 Å². The van der Waals surface area contributed by atoms with Gasteiger partial charge in [-0.1, -0.05) is 12.1 Å². The lowest BCUT2D eigenvalue weighted by Crippen LogP contribution is -2.24. The molecule has 1 aromatic carbocycles. The number of rotatable bonds is 4. The van der Waals surface area contributed by atoms with Gasteiger partial charge in [0.2, 0.25) is 0 Å². The van der Waals surface area contributed by atoms with E-state index in [1.807, 2.05) is 17.8 Å². The van der Waals surface area contributed by atoms with E-state index in [1.165, 1.54) is 18.4 Å². The number of nitrogens with zero attached hydrogens (tertiary/aromatic N) is 1. The van der Waals surface area contributed by atoms with Gasteiger partial charge in [-0.2, -0.15) is 0 Å². The fraction of sp³-hybridized carbons (Fsp3) is 0.400. The van der Waals surface area contributed by atoms with E-state index in [1.54, 1.807) is 0 Å². The number of Topliss-reactive ketones (excluding diaryl/α,β-unsaturated/α-hetero) is 1. The minimum absolute atomic E-state index is 0.191. The van der Waals surface area contributed by atoms with Crippen LogP contribution < -0.4 is 5.32 Å². The Balaban J connectivity index is 1.92. The number of fused-ring (bicyclic) bond motifs is 1. The normalized spacial score (nSPS) is 15.2. The largest absolute Gasteiger partial charge is 0.350 e. The van der Waals surface area contributed by atoms with Gasteiger partial charge in [-0.15, -0.1) is 0 Å². The zero-order valence-electron chi connectivity index (χ0n) is 10.9. The van der Waals surface area contributed by atoms with Crippen LogP contribution >= 0.6 is 0 Å². The summed E-state index contributed by atoms with van der Waals surface area (Å²) in [7, 11) is 1.99. The summed E-state index contributed by atoms with van der Waals surface area (Å²) in [6, 6.07) is 6.81. The number of hydrogen-bond donors (Lipinski definition) is 1. The molecular weight excluding hydrogens is 224 g/mol. The topological polar surface area (TPSA) is 34.0 Å². The zero-order chi connectivity index (χ0) is 12.7. The van der Waals surface area contributed by atoms with E-state index >= 15 is 0 Å². The van der Waals surface area contributed by atoms with Crippen molar-refractivity contribution in [1.29, 1.82) is 0 Å². The second-order valence-corrected chi connectivity index (χ2v) is 5.25. The molecule has 1 N–H and O–H groups in total. The fourth-order valence-corrected chi connectivity index (χ4v) is 2.34. The van der Waals surface area contributed by atoms with E-state index in [2.05, 4.69) is 30.4 Å². The molecule has 18 heavy (non-hydrogen) atoms. The number of aryl methyl sites for hydroxylation is 2. The summed E-state index contributed by atoms with van der Waals surface area (Å²) < 4.78 is 2.03. The summed E-state index contributed by atoms with van der Waals surface area (Å²) >= 11 is 0. The van der Waals surface area contributed by atoms with Gasteiger partial charge in [0, 0.05) is 35.8 Å². The first-order valence-electron chi connectivity index (χ1n) is 6.47. The van der Waals surface area contributed by atoms with Gasteiger partial charge < -0.3 is 9.88 Å². The van der Waals surface area contributed by atoms with Crippen molar-refractivity contribution in [3.63, 3.8) is 0 Å². The molecule has 94 valence electrons. The predicted octanol–water partition coefficient (Wildman–Crippen LogP) is 2.42. The average Bonchev–Trinajstić information content (AvgIpc) is 3.12. The highest BCUT2D eigenvalue weighted by atomic mass is 16.1. The van der Waals surface area contributed by atoms with Gasteiger partial charge in [0.05, 0.1) is 6.54 Å². The molecule has 0 atom stereocenters. The average molecular weight is 242 g/mol. The third kappa shape index (κ3) is 2.06. The smallest absolute Gasteiger partial charge is 0.178 e. The number of nitrogens with one attached hydrogen (secondary N) is 1. The van der Waals surface area contributed by atoms with Crippen LogP contribution in [0.3, 0.4) is 0 Å². The first kappa shape index (κ1) is 11.5. The van der Waals surface area contributed by atoms with E-state index in [-0.39, 0.29) is 5.78 Å². The molecule has 0 amide bonds. The summed E-state index contributed by atoms with van der Waals surface area (Å²) in [4.78, 5) is 12.2. The summed E-state index contributed by atoms with van der Waals surface area (Å²) in [5.41, 5.74) is 3.18. The van der Waals surface area contributed by atoms with Gasteiger partial charge in [-0.05, 0) is 31.4 Å². The van der Waals surface area contributed by atoms with Gasteiger partial charge in [-0.3, -0.25) is 4.79 Å². The van der Waals surface area contributed by atoms with Crippen molar-refractivity contribution >= 4 is 16.7 Å². The maximum atomic E-state index is 12.2. The van der Waals surface area contributed by atoms with Crippen LogP contribution in [0.25, 0.3) is 10.9 Å². The van der Waals surface area contributed by atoms with E-state index < -0.39 is 0 Å². The number of carbonyl (C=O) groups is 1. The van der Waals surface area contributed by atoms with Crippen molar-refractivity contribution in [2.45, 2.75) is 25.8 Å². The van der Waals surface area contributed by atoms with E-state index in [9.17, 15) is 4.79 Å². The lowest BCUT2D eigenvalue weighted by molar-refractivity contribution is 0.0992. The molecular formula is C15H18N2O. The standard InChI is InChI=1S/C15H18N2O/c1-10-3-6-12-13(9-17(2)14(12)7-10)15(18)8-16-11-4-5-11/h3,6-7,9,11,16H,4-5,8H2,1-2H3. The molecule has 1 aliphatic carbocycles. The fourth-order valence-electron chi connectivity index (χ4n) is 2.34. The first-order chi connectivity index (χ1) is 8.65. The molecule has 0 aliphatic heterocycles. The Labute approximate surface area is 107 Å². The Kier molecular flexibility index (Phi) is 2.71. The monoisotopic (exact) mass is 242 g/mol. The minimum Gasteiger partial charge on any atom is -0.350 e. The molecule has 0 radical (unpaired) electrons. The van der Waals surface area contributed by atoms with Crippen LogP contribution in [0.4, 0.5) is 0 Å². The minimum atomic E-state index is 0.191. The van der Waals surface area contributed by atoms with Crippen LogP contribution in [0.5, 0.6) is 0 Å². The van der Waals surface area contributed by atoms with Crippen LogP contribution in [-0.2, 0) is 7.05 Å². The highest BCUT2D eigenvalue weighted by molar-refractivity contribution is 6.09.